The molecular formula is C31H35N5OS. The Balaban J connectivity index is 1.21. The van der Waals surface area contributed by atoms with E-state index in [4.69, 9.17) is 0 Å². The standard InChI is InChI=1S/C31H35N5OS/c1-16(2)26-27-19(5)29(24-11-22-10-21(24)13-35(22)12-20-6-8-23(37)9-7-20)38-31(27)34-28(26)25-14-36-30(32-15-33-36)18(4)17(25)3/h6-8,14-16,21-22,24,34H,9-13H2,1-5H3/t21-,22?,24+/m0/s1. The van der Waals surface area contributed by atoms with Crippen molar-refractivity contribution in [1.29, 1.82) is 0 Å². The number of nitrogens with one attached hydrogen (secondary N) is 1. The van der Waals surface area contributed by atoms with Crippen molar-refractivity contribution in [2.24, 2.45) is 5.92 Å². The molecule has 4 aromatic heterocycles. The molecule has 0 amide bonds. The molecule has 0 spiro atoms. The molecule has 6 nitrogen and oxygen atoms in total. The van der Waals surface area contributed by atoms with E-state index < -0.39 is 0 Å². The van der Waals surface area contributed by atoms with E-state index in [9.17, 15) is 4.79 Å². The third-order valence-corrected chi connectivity index (χ3v) is 10.7. The quantitative estimate of drug-likeness (QED) is 0.318. The number of allylic oxidation sites excluding steroid dienone is 2. The monoisotopic (exact) mass is 525 g/mol. The first kappa shape index (κ1) is 24.0. The number of hydrogen-bond acceptors (Lipinski definition) is 5. The van der Waals surface area contributed by atoms with Crippen molar-refractivity contribution in [2.45, 2.75) is 71.8 Å². The number of likely N-dealkylation sites (tertiary alicyclic amines) is 1. The van der Waals surface area contributed by atoms with Gasteiger partial charge in [-0.15, -0.1) is 11.3 Å². The van der Waals surface area contributed by atoms with Crippen LogP contribution >= 0.6 is 11.3 Å². The predicted octanol–water partition coefficient (Wildman–Crippen LogP) is 6.62. The summed E-state index contributed by atoms with van der Waals surface area (Å²) in [6, 6.07) is 0.650. The number of nitrogens with zero attached hydrogens (tertiary/aromatic N) is 4. The normalized spacial score (nSPS) is 23.6. The zero-order chi connectivity index (χ0) is 26.3. The fraction of sp³-hybridized carbons (Fsp3) is 0.452. The molecule has 3 atom stereocenters. The fourth-order valence-electron chi connectivity index (χ4n) is 7.33. The Morgan fingerprint density at radius 3 is 2.68 bits per heavy atom. The Morgan fingerprint density at radius 2 is 1.97 bits per heavy atom. The van der Waals surface area contributed by atoms with Gasteiger partial charge < -0.3 is 4.98 Å². The maximum Gasteiger partial charge on any atom is 0.159 e. The molecular weight excluding hydrogens is 490 g/mol. The van der Waals surface area contributed by atoms with Gasteiger partial charge in [-0.2, -0.15) is 5.10 Å². The molecule has 4 aromatic rings. The van der Waals surface area contributed by atoms with Gasteiger partial charge in [0, 0.05) is 47.6 Å². The van der Waals surface area contributed by atoms with Crippen molar-refractivity contribution in [3.05, 3.63) is 63.5 Å². The fourth-order valence-corrected chi connectivity index (χ4v) is 8.76. The molecule has 1 unspecified atom stereocenters. The van der Waals surface area contributed by atoms with E-state index in [1.165, 1.54) is 68.7 Å². The first-order chi connectivity index (χ1) is 18.3. The van der Waals surface area contributed by atoms with Gasteiger partial charge in [0.1, 0.15) is 11.2 Å². The highest BCUT2D eigenvalue weighted by atomic mass is 32.1. The van der Waals surface area contributed by atoms with Crippen LogP contribution in [0.5, 0.6) is 0 Å². The minimum Gasteiger partial charge on any atom is -0.346 e. The molecule has 1 N–H and O–H groups in total. The summed E-state index contributed by atoms with van der Waals surface area (Å²) in [5, 5.41) is 5.88. The number of aryl methyl sites for hydroxylation is 2. The van der Waals surface area contributed by atoms with E-state index in [0.717, 1.165) is 18.1 Å². The molecule has 3 aliphatic rings. The number of pyridine rings is 1. The van der Waals surface area contributed by atoms with Gasteiger partial charge in [-0.25, -0.2) is 9.50 Å². The van der Waals surface area contributed by atoms with Crippen LogP contribution in [0.1, 0.15) is 72.1 Å². The smallest absolute Gasteiger partial charge is 0.159 e. The molecule has 2 bridgehead atoms. The van der Waals surface area contributed by atoms with E-state index in [0.29, 0.717) is 24.3 Å². The largest absolute Gasteiger partial charge is 0.346 e. The Labute approximate surface area is 227 Å². The van der Waals surface area contributed by atoms with Crippen LogP contribution in [0.2, 0.25) is 0 Å². The summed E-state index contributed by atoms with van der Waals surface area (Å²) >= 11 is 1.99. The Bertz CT molecular complexity index is 1660. The Morgan fingerprint density at radius 1 is 1.13 bits per heavy atom. The van der Waals surface area contributed by atoms with E-state index >= 15 is 0 Å². The Kier molecular flexibility index (Phi) is 5.53. The first-order valence-corrected chi connectivity index (χ1v) is 14.7. The molecule has 0 radical (unpaired) electrons. The number of aromatic amines is 1. The van der Waals surface area contributed by atoms with Crippen LogP contribution in [0.4, 0.5) is 0 Å². The second-order valence-corrected chi connectivity index (χ2v) is 12.9. The summed E-state index contributed by atoms with van der Waals surface area (Å²) in [4.78, 5) is 25.4. The minimum absolute atomic E-state index is 0.216. The molecule has 2 aliphatic carbocycles. The maximum atomic E-state index is 11.5. The summed E-state index contributed by atoms with van der Waals surface area (Å²) < 4.78 is 1.91. The summed E-state index contributed by atoms with van der Waals surface area (Å²) in [7, 11) is 0. The molecule has 1 aliphatic heterocycles. The van der Waals surface area contributed by atoms with E-state index in [2.05, 4.69) is 66.9 Å². The number of carbonyl (C=O) groups excluding carboxylic acids is 1. The number of piperidine rings is 1. The lowest BCUT2D eigenvalue weighted by Crippen LogP contribution is -2.36. The topological polar surface area (TPSA) is 66.3 Å². The second kappa shape index (κ2) is 8.75. The summed E-state index contributed by atoms with van der Waals surface area (Å²) in [5.74, 6) is 2.00. The predicted molar refractivity (Wildman–Crippen MR) is 154 cm³/mol. The zero-order valence-electron chi connectivity index (χ0n) is 22.8. The number of fused-ring (bicyclic) bond motifs is 4. The van der Waals surface area contributed by atoms with Crippen molar-refractivity contribution in [3.63, 3.8) is 0 Å². The van der Waals surface area contributed by atoms with Crippen LogP contribution in [-0.4, -0.2) is 49.4 Å². The third kappa shape index (κ3) is 3.58. The molecule has 0 aromatic carbocycles. The minimum atomic E-state index is 0.216. The number of ketones is 1. The summed E-state index contributed by atoms with van der Waals surface area (Å²) in [6.07, 6.45) is 12.8. The van der Waals surface area contributed by atoms with Gasteiger partial charge >= 0.3 is 0 Å². The molecule has 38 heavy (non-hydrogen) atoms. The number of rotatable bonds is 5. The molecule has 196 valence electrons. The molecule has 2 fully saturated rings. The van der Waals surface area contributed by atoms with Crippen molar-refractivity contribution < 1.29 is 4.79 Å². The van der Waals surface area contributed by atoms with Crippen LogP contribution < -0.4 is 0 Å². The lowest BCUT2D eigenvalue weighted by molar-refractivity contribution is -0.113. The highest BCUT2D eigenvalue weighted by molar-refractivity contribution is 7.19. The number of hydrogen-bond donors (Lipinski definition) is 1. The molecule has 7 rings (SSSR count). The molecule has 1 saturated carbocycles. The lowest BCUT2D eigenvalue weighted by Gasteiger charge is -2.32. The van der Waals surface area contributed by atoms with Crippen molar-refractivity contribution >= 4 is 33.0 Å². The number of aromatic nitrogens is 4. The van der Waals surface area contributed by atoms with Gasteiger partial charge in [0.2, 0.25) is 0 Å². The van der Waals surface area contributed by atoms with Gasteiger partial charge in [0.05, 0.1) is 5.69 Å². The van der Waals surface area contributed by atoms with Crippen molar-refractivity contribution in [1.82, 2.24) is 24.5 Å². The van der Waals surface area contributed by atoms with Crippen LogP contribution in [0, 0.1) is 26.7 Å². The van der Waals surface area contributed by atoms with Crippen molar-refractivity contribution in [3.8, 4) is 11.3 Å². The second-order valence-electron chi connectivity index (χ2n) is 11.9. The van der Waals surface area contributed by atoms with Gasteiger partial charge in [-0.1, -0.05) is 26.0 Å². The highest BCUT2D eigenvalue weighted by Crippen LogP contribution is 2.53. The summed E-state index contributed by atoms with van der Waals surface area (Å²) in [5.41, 5.74) is 10.0. The SMILES string of the molecule is Cc1c(-c2[nH]c3sc([C@@H]4CC5C[C@H]4CN5CC4=CCC(=O)C=C4)c(C)c3c2C(C)C)cn2ncnc2c1C. The average molecular weight is 526 g/mol. The van der Waals surface area contributed by atoms with E-state index in [1.807, 2.05) is 21.9 Å². The number of H-pyrrole nitrogens is 1. The molecule has 5 heterocycles. The van der Waals surface area contributed by atoms with Crippen LogP contribution in [0.15, 0.2) is 36.3 Å². The maximum absolute atomic E-state index is 11.5. The van der Waals surface area contributed by atoms with Crippen LogP contribution in [-0.2, 0) is 4.79 Å². The lowest BCUT2D eigenvalue weighted by atomic mass is 9.88. The van der Waals surface area contributed by atoms with Crippen molar-refractivity contribution in [2.75, 3.05) is 13.1 Å². The Hall–Kier alpha value is -3.03. The van der Waals surface area contributed by atoms with E-state index in [-0.39, 0.29) is 5.78 Å². The average Bonchev–Trinajstić information content (AvgIpc) is 3.70. The van der Waals surface area contributed by atoms with E-state index in [1.54, 1.807) is 17.3 Å². The summed E-state index contributed by atoms with van der Waals surface area (Å²) in [6.45, 7) is 13.5. The van der Waals surface area contributed by atoms with Gasteiger partial charge in [-0.3, -0.25) is 9.69 Å². The van der Waals surface area contributed by atoms with Crippen LogP contribution in [0.3, 0.4) is 0 Å². The van der Waals surface area contributed by atoms with Gasteiger partial charge in [0.25, 0.3) is 0 Å². The first-order valence-electron chi connectivity index (χ1n) is 13.9. The molecule has 7 heteroatoms. The number of carbonyl (C=O) groups is 1. The number of thiophene rings is 1. The third-order valence-electron chi connectivity index (χ3n) is 9.36. The van der Waals surface area contributed by atoms with Gasteiger partial charge in [0.15, 0.2) is 11.4 Å². The molecule has 1 saturated heterocycles. The zero-order valence-corrected chi connectivity index (χ0v) is 23.7. The van der Waals surface area contributed by atoms with Crippen LogP contribution in [0.25, 0.3) is 27.1 Å². The van der Waals surface area contributed by atoms with Gasteiger partial charge in [-0.05, 0) is 85.3 Å². The highest BCUT2D eigenvalue weighted by Gasteiger charge is 2.46.